The van der Waals surface area contributed by atoms with Crippen molar-refractivity contribution in [1.29, 1.82) is 0 Å². The number of carbonyl (C=O) groups is 1. The van der Waals surface area contributed by atoms with Crippen molar-refractivity contribution in [1.82, 2.24) is 9.78 Å². The number of amides is 1. The summed E-state index contributed by atoms with van der Waals surface area (Å²) in [7, 11) is 0. The van der Waals surface area contributed by atoms with E-state index in [1.54, 1.807) is 17.5 Å². The number of aromatic nitrogens is 2. The van der Waals surface area contributed by atoms with Crippen molar-refractivity contribution in [2.75, 3.05) is 10.6 Å². The summed E-state index contributed by atoms with van der Waals surface area (Å²) in [4.78, 5) is 13.3. The van der Waals surface area contributed by atoms with Gasteiger partial charge >= 0.3 is 12.4 Å². The predicted octanol–water partition coefficient (Wildman–Crippen LogP) is 7.18. The van der Waals surface area contributed by atoms with Gasteiger partial charge in [0.2, 0.25) is 0 Å². The largest absolute Gasteiger partial charge is 0.416 e. The normalized spacial score (nSPS) is 18.5. The lowest BCUT2D eigenvalue weighted by Crippen LogP contribution is -2.35. The molecule has 2 atom stereocenters. The highest BCUT2D eigenvalue weighted by molar-refractivity contribution is 7.10. The van der Waals surface area contributed by atoms with Gasteiger partial charge in [-0.15, -0.1) is 11.3 Å². The molecule has 5 nitrogen and oxygen atoms in total. The minimum Gasteiger partial charge on any atom is -0.361 e. The highest BCUT2D eigenvalue weighted by Crippen LogP contribution is 2.47. The van der Waals surface area contributed by atoms with E-state index in [9.17, 15) is 31.1 Å². The van der Waals surface area contributed by atoms with Crippen molar-refractivity contribution in [3.05, 3.63) is 61.9 Å². The Hall–Kier alpha value is -2.44. The molecule has 176 valence electrons. The van der Waals surface area contributed by atoms with Crippen molar-refractivity contribution < 1.29 is 31.1 Å². The van der Waals surface area contributed by atoms with Crippen molar-refractivity contribution in [3.8, 4) is 0 Å². The average molecular weight is 529 g/mol. The predicted molar refractivity (Wildman–Crippen MR) is 112 cm³/mol. The zero-order valence-corrected chi connectivity index (χ0v) is 18.4. The van der Waals surface area contributed by atoms with Crippen LogP contribution < -0.4 is 10.6 Å². The van der Waals surface area contributed by atoms with Crippen LogP contribution in [0.2, 0.25) is 10.0 Å². The first-order valence-corrected chi connectivity index (χ1v) is 10.8. The van der Waals surface area contributed by atoms with Crippen LogP contribution in [0.3, 0.4) is 0 Å². The topological polar surface area (TPSA) is 59.0 Å². The number of rotatable bonds is 3. The second-order valence-corrected chi connectivity index (χ2v) is 8.87. The summed E-state index contributed by atoms with van der Waals surface area (Å²) in [6.45, 7) is 0. The van der Waals surface area contributed by atoms with E-state index in [1.807, 2.05) is 0 Å². The number of hydrogen-bond acceptors (Lipinski definition) is 4. The first-order valence-electron chi connectivity index (χ1n) is 9.19. The molecule has 0 fully saturated rings. The molecule has 3 aromatic rings. The molecule has 0 saturated carbocycles. The van der Waals surface area contributed by atoms with E-state index in [0.717, 1.165) is 12.1 Å². The lowest BCUT2D eigenvalue weighted by Gasteiger charge is -2.32. The molecule has 0 unspecified atom stereocenters. The van der Waals surface area contributed by atoms with E-state index < -0.39 is 58.7 Å². The van der Waals surface area contributed by atoms with Gasteiger partial charge in [-0.3, -0.25) is 4.79 Å². The summed E-state index contributed by atoms with van der Waals surface area (Å²) in [6, 6.07) is 2.82. The number of nitrogens with zero attached hydrogens (tertiary/aromatic N) is 2. The Morgan fingerprint density at radius 2 is 1.91 bits per heavy atom. The number of thiophene rings is 1. The quantitative estimate of drug-likeness (QED) is 0.354. The lowest BCUT2D eigenvalue weighted by molar-refractivity contribution is -0.173. The van der Waals surface area contributed by atoms with Crippen LogP contribution >= 0.6 is 34.5 Å². The highest BCUT2D eigenvalue weighted by Gasteiger charge is 2.48. The summed E-state index contributed by atoms with van der Waals surface area (Å²) in [6.07, 6.45) is -9.79. The molecule has 0 saturated heterocycles. The molecule has 0 aliphatic carbocycles. The van der Waals surface area contributed by atoms with Crippen LogP contribution in [-0.4, -0.2) is 21.9 Å². The number of halogens is 8. The Balaban J connectivity index is 1.69. The van der Waals surface area contributed by atoms with Crippen molar-refractivity contribution in [3.63, 3.8) is 0 Å². The maximum absolute atomic E-state index is 13.8. The fourth-order valence-corrected chi connectivity index (χ4v) is 4.61. The number of nitrogens with one attached hydrogen (secondary N) is 2. The Labute approximate surface area is 196 Å². The first kappa shape index (κ1) is 23.7. The van der Waals surface area contributed by atoms with Gasteiger partial charge < -0.3 is 10.6 Å². The molecule has 1 aromatic carbocycles. The third-order valence-corrected chi connectivity index (χ3v) is 6.61. The van der Waals surface area contributed by atoms with Crippen LogP contribution in [0.4, 0.5) is 37.8 Å². The molecule has 4 rings (SSSR count). The van der Waals surface area contributed by atoms with Gasteiger partial charge in [0.15, 0.2) is 11.7 Å². The molecule has 33 heavy (non-hydrogen) atoms. The van der Waals surface area contributed by atoms with Crippen molar-refractivity contribution in [2.24, 2.45) is 0 Å². The van der Waals surface area contributed by atoms with Crippen LogP contribution in [-0.2, 0) is 6.18 Å². The molecule has 0 bridgehead atoms. The van der Waals surface area contributed by atoms with E-state index in [2.05, 4.69) is 15.7 Å². The smallest absolute Gasteiger partial charge is 0.361 e. The molecule has 1 aliphatic rings. The number of alkyl halides is 6. The molecular weight excluding hydrogens is 517 g/mol. The van der Waals surface area contributed by atoms with E-state index in [-0.39, 0.29) is 10.8 Å². The molecule has 14 heteroatoms. The number of benzene rings is 1. The highest BCUT2D eigenvalue weighted by atomic mass is 35.5. The van der Waals surface area contributed by atoms with E-state index in [0.29, 0.717) is 15.6 Å². The summed E-state index contributed by atoms with van der Waals surface area (Å²) >= 11 is 13.3. The average Bonchev–Trinajstić information content (AvgIpc) is 3.36. The molecule has 2 aromatic heterocycles. The molecule has 1 amide bonds. The molecule has 1 aliphatic heterocycles. The lowest BCUT2D eigenvalue weighted by atomic mass is 10.0. The summed E-state index contributed by atoms with van der Waals surface area (Å²) in [5, 5.41) is 9.86. The molecule has 3 heterocycles. The van der Waals surface area contributed by atoms with Gasteiger partial charge in [0.05, 0.1) is 22.3 Å². The van der Waals surface area contributed by atoms with Crippen LogP contribution in [0.25, 0.3) is 0 Å². The Morgan fingerprint density at radius 3 is 2.52 bits per heavy atom. The van der Waals surface area contributed by atoms with Gasteiger partial charge in [0, 0.05) is 11.3 Å². The second-order valence-electron chi connectivity index (χ2n) is 7.11. The number of anilines is 2. The Morgan fingerprint density at radius 1 is 1.18 bits per heavy atom. The molecule has 2 N–H and O–H groups in total. The molecular formula is C19H12Cl2F6N4OS. The maximum atomic E-state index is 13.8. The van der Waals surface area contributed by atoms with Crippen molar-refractivity contribution in [2.45, 2.75) is 30.9 Å². The van der Waals surface area contributed by atoms with Gasteiger partial charge in [-0.2, -0.15) is 31.4 Å². The third-order valence-electron chi connectivity index (χ3n) is 4.94. The monoisotopic (exact) mass is 528 g/mol. The summed E-state index contributed by atoms with van der Waals surface area (Å²) in [5.41, 5.74) is -2.06. The Kier molecular flexibility index (Phi) is 6.04. The third kappa shape index (κ3) is 4.64. The van der Waals surface area contributed by atoms with Crippen LogP contribution in [0.5, 0.6) is 0 Å². The van der Waals surface area contributed by atoms with E-state index in [4.69, 9.17) is 23.2 Å². The van der Waals surface area contributed by atoms with Crippen molar-refractivity contribution >= 4 is 52.0 Å². The number of fused-ring (bicyclic) bond motifs is 1. The fourth-order valence-electron chi connectivity index (χ4n) is 3.39. The summed E-state index contributed by atoms with van der Waals surface area (Å²) in [5.74, 6) is -1.33. The van der Waals surface area contributed by atoms with Gasteiger partial charge in [0.25, 0.3) is 5.91 Å². The number of carbonyl (C=O) groups excluding carboxylic acids is 1. The van der Waals surface area contributed by atoms with Crippen LogP contribution in [0, 0.1) is 0 Å². The van der Waals surface area contributed by atoms with Gasteiger partial charge in [-0.25, -0.2) is 4.68 Å². The maximum Gasteiger partial charge on any atom is 0.416 e. The second kappa shape index (κ2) is 8.41. The van der Waals surface area contributed by atoms with Gasteiger partial charge in [0.1, 0.15) is 10.8 Å². The minimum absolute atomic E-state index is 0.208. The van der Waals surface area contributed by atoms with Crippen LogP contribution in [0.15, 0.2) is 35.7 Å². The zero-order chi connectivity index (χ0) is 24.1. The van der Waals surface area contributed by atoms with Crippen LogP contribution in [0.1, 0.15) is 39.4 Å². The fraction of sp³-hybridized carbons (Fsp3) is 0.263. The van der Waals surface area contributed by atoms with Gasteiger partial charge in [-0.1, -0.05) is 29.3 Å². The SMILES string of the molecule is O=C(Nc1cc(C(F)(F)F)ccc1Cl)c1nn2c(c1Cl)N[C@@H](c1cccs1)C[C@H]2C(F)(F)F. The first-order chi connectivity index (χ1) is 15.4. The molecule has 0 radical (unpaired) electrons. The minimum atomic E-state index is -4.70. The molecule has 0 spiro atoms. The zero-order valence-electron chi connectivity index (χ0n) is 16.1. The van der Waals surface area contributed by atoms with E-state index >= 15 is 0 Å². The van der Waals surface area contributed by atoms with E-state index in [1.165, 1.54) is 11.3 Å². The van der Waals surface area contributed by atoms with Gasteiger partial charge in [-0.05, 0) is 29.6 Å². The Bertz CT molecular complexity index is 1190. The summed E-state index contributed by atoms with van der Waals surface area (Å²) < 4.78 is 80.9. The standard InChI is InChI=1S/C19H12Cl2F6N4OS/c20-9-4-3-8(18(22,23)24)6-10(9)29-17(32)15-14(21)16-28-11(12-2-1-5-33-12)7-13(19(25,26)27)31(16)30-15/h1-6,11,13,28H,7H2,(H,29,32)/t11-,13+/m1/s1. The number of hydrogen-bond donors (Lipinski definition) is 2.